The molecular weight excluding hydrogens is 324 g/mol. The van der Waals surface area contributed by atoms with E-state index in [1.54, 1.807) is 34.6 Å². The van der Waals surface area contributed by atoms with Gasteiger partial charge in [0.15, 0.2) is 0 Å². The minimum absolute atomic E-state index is 0.396. The van der Waals surface area contributed by atoms with Gasteiger partial charge in [-0.25, -0.2) is 13.6 Å². The number of hydrogen-bond acceptors (Lipinski definition) is 4. The summed E-state index contributed by atoms with van der Waals surface area (Å²) in [5.74, 6) is -5.37. The minimum Gasteiger partial charge on any atom is -0.444 e. The van der Waals surface area contributed by atoms with E-state index >= 15 is 0 Å². The Labute approximate surface area is 139 Å². The highest BCUT2D eigenvalue weighted by Crippen LogP contribution is 2.32. The molecule has 0 bridgehead atoms. The van der Waals surface area contributed by atoms with E-state index < -0.39 is 60.4 Å². The highest BCUT2D eigenvalue weighted by Gasteiger charge is 2.50. The molecule has 24 heavy (non-hydrogen) atoms. The van der Waals surface area contributed by atoms with Crippen molar-refractivity contribution in [3.63, 3.8) is 0 Å². The molecule has 7 nitrogen and oxygen atoms in total. The largest absolute Gasteiger partial charge is 0.444 e. The maximum Gasteiger partial charge on any atom is 0.408 e. The molecule has 0 aromatic rings. The van der Waals surface area contributed by atoms with Crippen LogP contribution < -0.4 is 11.1 Å². The zero-order valence-corrected chi connectivity index (χ0v) is 14.6. The van der Waals surface area contributed by atoms with Crippen LogP contribution in [0.4, 0.5) is 13.6 Å². The third kappa shape index (κ3) is 5.31. The molecule has 0 aliphatic carbocycles. The zero-order valence-electron chi connectivity index (χ0n) is 14.6. The van der Waals surface area contributed by atoms with Crippen molar-refractivity contribution in [3.05, 3.63) is 0 Å². The van der Waals surface area contributed by atoms with E-state index in [1.165, 1.54) is 0 Å². The molecule has 3 amide bonds. The Bertz CT molecular complexity index is 517. The molecule has 0 aromatic carbocycles. The predicted octanol–water partition coefficient (Wildman–Crippen LogP) is 1.26. The van der Waals surface area contributed by atoms with E-state index in [2.05, 4.69) is 5.32 Å². The number of alkyl carbamates (subject to hydrolysis) is 1. The average molecular weight is 349 g/mol. The topological polar surface area (TPSA) is 102 Å². The highest BCUT2D eigenvalue weighted by molar-refractivity contribution is 5.91. The summed E-state index contributed by atoms with van der Waals surface area (Å²) in [6.45, 7) is 7.36. The number of nitrogens with two attached hydrogens (primary N) is 1. The van der Waals surface area contributed by atoms with Crippen molar-refractivity contribution in [2.45, 2.75) is 64.6 Å². The lowest BCUT2D eigenvalue weighted by Gasteiger charge is -2.30. The van der Waals surface area contributed by atoms with Crippen LogP contribution in [-0.2, 0) is 14.3 Å². The van der Waals surface area contributed by atoms with Crippen LogP contribution in [0.25, 0.3) is 0 Å². The summed E-state index contributed by atoms with van der Waals surface area (Å²) in [5.41, 5.74) is 4.36. The first-order chi connectivity index (χ1) is 10.7. The Morgan fingerprint density at radius 2 is 1.83 bits per heavy atom. The van der Waals surface area contributed by atoms with E-state index in [4.69, 9.17) is 10.5 Å². The number of likely N-dealkylation sites (tertiary alicyclic amines) is 1. The zero-order chi connectivity index (χ0) is 18.9. The van der Waals surface area contributed by atoms with Crippen LogP contribution in [0, 0.1) is 5.92 Å². The molecule has 0 radical (unpaired) electrons. The number of nitrogens with zero attached hydrogens (tertiary/aromatic N) is 1. The van der Waals surface area contributed by atoms with Gasteiger partial charge in [-0.1, -0.05) is 13.8 Å². The lowest BCUT2D eigenvalue weighted by Crippen LogP contribution is -2.55. The van der Waals surface area contributed by atoms with Crippen molar-refractivity contribution < 1.29 is 27.9 Å². The Morgan fingerprint density at radius 1 is 1.29 bits per heavy atom. The number of rotatable bonds is 4. The van der Waals surface area contributed by atoms with Gasteiger partial charge in [-0.15, -0.1) is 0 Å². The summed E-state index contributed by atoms with van der Waals surface area (Å²) in [7, 11) is 0. The molecule has 2 atom stereocenters. The van der Waals surface area contributed by atoms with Crippen LogP contribution in [0.1, 0.15) is 41.0 Å². The number of hydrogen-bond donors (Lipinski definition) is 2. The standard InChI is InChI=1S/C15H25F2N3O4/c1-8(2)10(19-13(23)24-14(3,4)5)12(22)20-7-15(16,17)6-9(20)11(18)21/h8-10H,6-7H2,1-5H3,(H2,18,21)(H,19,23)/t9-,10-/m0/s1. The van der Waals surface area contributed by atoms with Gasteiger partial charge in [0.2, 0.25) is 11.8 Å². The first-order valence-electron chi connectivity index (χ1n) is 7.70. The molecule has 0 aromatic heterocycles. The van der Waals surface area contributed by atoms with Gasteiger partial charge in [0.25, 0.3) is 5.92 Å². The smallest absolute Gasteiger partial charge is 0.408 e. The van der Waals surface area contributed by atoms with E-state index in [0.29, 0.717) is 0 Å². The van der Waals surface area contributed by atoms with Crippen LogP contribution in [0.2, 0.25) is 0 Å². The lowest BCUT2D eigenvalue weighted by molar-refractivity contribution is -0.140. The third-order valence-electron chi connectivity index (χ3n) is 3.49. The fraction of sp³-hybridized carbons (Fsp3) is 0.800. The summed E-state index contributed by atoms with van der Waals surface area (Å²) in [6.07, 6.45) is -1.65. The monoisotopic (exact) mass is 349 g/mol. The summed E-state index contributed by atoms with van der Waals surface area (Å²) in [6, 6.07) is -2.50. The molecule has 0 saturated carbocycles. The normalized spacial score (nSPS) is 21.5. The van der Waals surface area contributed by atoms with Gasteiger partial charge in [-0.3, -0.25) is 9.59 Å². The molecule has 1 aliphatic heterocycles. The second kappa shape index (κ2) is 6.90. The molecular formula is C15H25F2N3O4. The Kier molecular flexibility index (Phi) is 5.78. The summed E-state index contributed by atoms with van der Waals surface area (Å²) in [5, 5.41) is 2.39. The molecule has 0 spiro atoms. The third-order valence-corrected chi connectivity index (χ3v) is 3.49. The molecule has 138 valence electrons. The molecule has 1 heterocycles. The van der Waals surface area contributed by atoms with Gasteiger partial charge in [0.1, 0.15) is 17.7 Å². The number of ether oxygens (including phenoxy) is 1. The van der Waals surface area contributed by atoms with Gasteiger partial charge < -0.3 is 20.7 Å². The number of amides is 3. The van der Waals surface area contributed by atoms with Crippen LogP contribution in [0.3, 0.4) is 0 Å². The molecule has 0 unspecified atom stereocenters. The van der Waals surface area contributed by atoms with E-state index in [0.717, 1.165) is 4.90 Å². The minimum atomic E-state index is -3.19. The van der Waals surface area contributed by atoms with Crippen LogP contribution >= 0.6 is 0 Å². The SMILES string of the molecule is CC(C)[C@H](NC(=O)OC(C)(C)C)C(=O)N1CC(F)(F)C[C@H]1C(N)=O. The predicted molar refractivity (Wildman–Crippen MR) is 82.3 cm³/mol. The maximum absolute atomic E-state index is 13.6. The number of primary amides is 1. The van der Waals surface area contributed by atoms with Crippen molar-refractivity contribution in [1.29, 1.82) is 0 Å². The van der Waals surface area contributed by atoms with Gasteiger partial charge >= 0.3 is 6.09 Å². The fourth-order valence-electron chi connectivity index (χ4n) is 2.43. The van der Waals surface area contributed by atoms with Gasteiger partial charge in [-0.05, 0) is 26.7 Å². The second-order valence-electron chi connectivity index (χ2n) is 7.31. The van der Waals surface area contributed by atoms with Gasteiger partial charge in [0.05, 0.1) is 6.54 Å². The molecule has 9 heteroatoms. The number of nitrogens with one attached hydrogen (secondary N) is 1. The van der Waals surface area contributed by atoms with Crippen molar-refractivity contribution in [2.75, 3.05) is 6.54 Å². The maximum atomic E-state index is 13.6. The van der Waals surface area contributed by atoms with Crippen molar-refractivity contribution in [2.24, 2.45) is 11.7 Å². The average Bonchev–Trinajstić information content (AvgIpc) is 2.69. The van der Waals surface area contributed by atoms with E-state index in [-0.39, 0.29) is 0 Å². The van der Waals surface area contributed by atoms with Crippen molar-refractivity contribution in [3.8, 4) is 0 Å². The molecule has 3 N–H and O–H groups in total. The Balaban J connectivity index is 2.94. The molecule has 1 rings (SSSR count). The summed E-state index contributed by atoms with van der Waals surface area (Å²) >= 11 is 0. The van der Waals surface area contributed by atoms with Gasteiger partial charge in [0, 0.05) is 6.42 Å². The summed E-state index contributed by atoms with van der Waals surface area (Å²) < 4.78 is 32.3. The van der Waals surface area contributed by atoms with Crippen molar-refractivity contribution in [1.82, 2.24) is 10.2 Å². The summed E-state index contributed by atoms with van der Waals surface area (Å²) in [4.78, 5) is 36.6. The molecule has 1 fully saturated rings. The van der Waals surface area contributed by atoms with E-state index in [9.17, 15) is 23.2 Å². The quantitative estimate of drug-likeness (QED) is 0.797. The fourth-order valence-corrected chi connectivity index (χ4v) is 2.43. The highest BCUT2D eigenvalue weighted by atomic mass is 19.3. The van der Waals surface area contributed by atoms with Gasteiger partial charge in [-0.2, -0.15) is 0 Å². The van der Waals surface area contributed by atoms with Crippen LogP contribution in [-0.4, -0.2) is 53.0 Å². The van der Waals surface area contributed by atoms with Crippen LogP contribution in [0.5, 0.6) is 0 Å². The number of alkyl halides is 2. The number of carbonyl (C=O) groups is 3. The Hall–Kier alpha value is -1.93. The van der Waals surface area contributed by atoms with Crippen LogP contribution in [0.15, 0.2) is 0 Å². The lowest BCUT2D eigenvalue weighted by atomic mass is 10.0. The van der Waals surface area contributed by atoms with E-state index in [1.807, 2.05) is 0 Å². The first kappa shape index (κ1) is 20.1. The molecule has 1 saturated heterocycles. The first-order valence-corrected chi connectivity index (χ1v) is 7.70. The Morgan fingerprint density at radius 3 is 2.25 bits per heavy atom. The molecule has 1 aliphatic rings. The van der Waals surface area contributed by atoms with Crippen molar-refractivity contribution >= 4 is 17.9 Å². The number of halogens is 2. The second-order valence-corrected chi connectivity index (χ2v) is 7.31. The number of carbonyl (C=O) groups excluding carboxylic acids is 3.